The molecule has 3 aromatic rings. The number of nitrogens with one attached hydrogen (secondary N) is 3. The summed E-state index contributed by atoms with van der Waals surface area (Å²) in [6.07, 6.45) is 2.06. The van der Waals surface area contributed by atoms with Crippen molar-refractivity contribution in [2.24, 2.45) is 5.92 Å². The van der Waals surface area contributed by atoms with Gasteiger partial charge < -0.3 is 9.84 Å². The lowest BCUT2D eigenvalue weighted by Crippen LogP contribution is -2.36. The van der Waals surface area contributed by atoms with Crippen molar-refractivity contribution in [1.82, 2.24) is 31.3 Å². The van der Waals surface area contributed by atoms with Crippen LogP contribution in [0.1, 0.15) is 17.5 Å². The lowest BCUT2D eigenvalue weighted by atomic mass is 9.94. The lowest BCUT2D eigenvalue weighted by molar-refractivity contribution is -0.124. The molecule has 2 atom stereocenters. The number of carbonyl (C=O) groups is 1. The van der Waals surface area contributed by atoms with Crippen LogP contribution in [0.4, 0.5) is 4.39 Å². The molecule has 4 rings (SSSR count). The van der Waals surface area contributed by atoms with E-state index in [1.54, 1.807) is 24.4 Å². The number of halogens is 1. The molecule has 1 fully saturated rings. The highest BCUT2D eigenvalue weighted by Crippen LogP contribution is 2.25. The number of carbonyl (C=O) groups excluding carboxylic acids is 1. The van der Waals surface area contributed by atoms with Gasteiger partial charge in [0.05, 0.1) is 12.0 Å². The van der Waals surface area contributed by atoms with Crippen LogP contribution >= 0.6 is 0 Å². The fourth-order valence-electron chi connectivity index (χ4n) is 3.14. The van der Waals surface area contributed by atoms with Gasteiger partial charge in [0.2, 0.25) is 17.6 Å². The monoisotopic (exact) mass is 382 g/mol. The third-order valence-electron chi connectivity index (χ3n) is 4.53. The second kappa shape index (κ2) is 8.24. The predicted molar refractivity (Wildman–Crippen MR) is 98.0 cm³/mol. The zero-order chi connectivity index (χ0) is 19.3. The maximum Gasteiger partial charge on any atom is 0.228 e. The van der Waals surface area contributed by atoms with E-state index in [-0.39, 0.29) is 23.7 Å². The Labute approximate surface area is 160 Å². The van der Waals surface area contributed by atoms with E-state index in [2.05, 4.69) is 31.3 Å². The number of amides is 1. The van der Waals surface area contributed by atoms with Crippen molar-refractivity contribution in [2.45, 2.75) is 12.5 Å². The van der Waals surface area contributed by atoms with Crippen LogP contribution in [0.25, 0.3) is 11.5 Å². The summed E-state index contributed by atoms with van der Waals surface area (Å²) in [5.74, 6) is 0.0258. The number of pyridine rings is 1. The predicted octanol–water partition coefficient (Wildman–Crippen LogP) is 1.39. The molecule has 3 N–H and O–H groups in total. The molecule has 1 saturated heterocycles. The number of hydrazine groups is 1. The number of aromatic nitrogens is 3. The Bertz CT molecular complexity index is 948. The number of nitrogens with zero attached hydrogens (tertiary/aromatic N) is 3. The van der Waals surface area contributed by atoms with E-state index < -0.39 is 0 Å². The van der Waals surface area contributed by atoms with E-state index in [0.29, 0.717) is 36.9 Å². The van der Waals surface area contributed by atoms with Gasteiger partial charge in [-0.15, -0.1) is 0 Å². The highest BCUT2D eigenvalue weighted by molar-refractivity contribution is 5.80. The molecule has 8 nitrogen and oxygen atoms in total. The largest absolute Gasteiger partial charge is 0.355 e. The molecule has 144 valence electrons. The summed E-state index contributed by atoms with van der Waals surface area (Å²) in [6.45, 7) is 0.812. The number of benzene rings is 1. The van der Waals surface area contributed by atoms with Gasteiger partial charge in [-0.1, -0.05) is 23.4 Å². The first-order valence-electron chi connectivity index (χ1n) is 8.96. The van der Waals surface area contributed by atoms with E-state index in [4.69, 9.17) is 4.52 Å². The summed E-state index contributed by atoms with van der Waals surface area (Å²) in [4.78, 5) is 21.0. The van der Waals surface area contributed by atoms with Crippen LogP contribution in [0.3, 0.4) is 0 Å². The van der Waals surface area contributed by atoms with Crippen molar-refractivity contribution in [3.63, 3.8) is 0 Å². The van der Waals surface area contributed by atoms with Crippen molar-refractivity contribution in [3.8, 4) is 11.5 Å². The lowest BCUT2D eigenvalue weighted by Gasteiger charge is -2.18. The van der Waals surface area contributed by atoms with Crippen molar-refractivity contribution < 1.29 is 13.7 Å². The second-order valence-corrected chi connectivity index (χ2v) is 6.43. The van der Waals surface area contributed by atoms with Crippen molar-refractivity contribution in [1.29, 1.82) is 0 Å². The number of rotatable bonds is 6. The van der Waals surface area contributed by atoms with Crippen LogP contribution in [0, 0.1) is 11.7 Å². The Morgan fingerprint density at radius 1 is 1.29 bits per heavy atom. The molecule has 1 amide bonds. The Hall–Kier alpha value is -3.17. The first kappa shape index (κ1) is 18.2. The van der Waals surface area contributed by atoms with E-state index in [1.807, 2.05) is 12.1 Å². The molecule has 2 aromatic heterocycles. The second-order valence-electron chi connectivity index (χ2n) is 6.43. The van der Waals surface area contributed by atoms with Crippen LogP contribution in [-0.2, 0) is 11.2 Å². The zero-order valence-corrected chi connectivity index (χ0v) is 14.9. The third kappa shape index (κ3) is 4.05. The van der Waals surface area contributed by atoms with E-state index in [1.165, 1.54) is 12.1 Å². The van der Waals surface area contributed by atoms with Crippen molar-refractivity contribution in [2.75, 3.05) is 13.1 Å². The molecular weight excluding hydrogens is 363 g/mol. The minimum absolute atomic E-state index is 0.128. The van der Waals surface area contributed by atoms with Gasteiger partial charge in [0.15, 0.2) is 0 Å². The van der Waals surface area contributed by atoms with E-state index >= 15 is 0 Å². The number of hydrogen-bond donors (Lipinski definition) is 3. The molecule has 2 unspecified atom stereocenters. The van der Waals surface area contributed by atoms with Crippen molar-refractivity contribution >= 4 is 5.91 Å². The van der Waals surface area contributed by atoms with Gasteiger partial charge in [0.25, 0.3) is 0 Å². The summed E-state index contributed by atoms with van der Waals surface area (Å²) in [5.41, 5.74) is 7.36. The average molecular weight is 382 g/mol. The highest BCUT2D eigenvalue weighted by Gasteiger charge is 2.33. The molecule has 1 aliphatic heterocycles. The molecule has 1 aromatic carbocycles. The van der Waals surface area contributed by atoms with Gasteiger partial charge in [-0.25, -0.2) is 9.82 Å². The van der Waals surface area contributed by atoms with Gasteiger partial charge in [0.1, 0.15) is 11.5 Å². The third-order valence-corrected chi connectivity index (χ3v) is 4.53. The van der Waals surface area contributed by atoms with E-state index in [9.17, 15) is 9.18 Å². The van der Waals surface area contributed by atoms with Gasteiger partial charge >= 0.3 is 0 Å². The topological polar surface area (TPSA) is 105 Å². The highest BCUT2D eigenvalue weighted by atomic mass is 19.1. The standard InChI is InChI=1S/C19H19FN6O2/c20-13-5-3-4-12(10-13)17-14(11-23-25-17)19(27)22-9-7-16-24-18(26-28-16)15-6-1-2-8-21-15/h1-6,8,10,14,17,23,25H,7,9,11H2,(H,22,27). The molecule has 1 aliphatic rings. The summed E-state index contributed by atoms with van der Waals surface area (Å²) >= 11 is 0. The minimum Gasteiger partial charge on any atom is -0.355 e. The maximum atomic E-state index is 13.5. The van der Waals surface area contributed by atoms with Crippen LogP contribution < -0.4 is 16.2 Å². The molecule has 28 heavy (non-hydrogen) atoms. The van der Waals surface area contributed by atoms with Crippen LogP contribution in [0.2, 0.25) is 0 Å². The summed E-state index contributed by atoms with van der Waals surface area (Å²) in [5, 5.41) is 6.79. The van der Waals surface area contributed by atoms with Crippen LogP contribution in [0.5, 0.6) is 0 Å². The normalized spacial score (nSPS) is 18.9. The zero-order valence-electron chi connectivity index (χ0n) is 14.9. The summed E-state index contributed by atoms with van der Waals surface area (Å²) < 4.78 is 18.7. The molecule has 0 saturated carbocycles. The van der Waals surface area contributed by atoms with Crippen LogP contribution in [-0.4, -0.2) is 34.1 Å². The molecule has 0 spiro atoms. The molecular formula is C19H19FN6O2. The molecule has 9 heteroatoms. The first-order valence-corrected chi connectivity index (χ1v) is 8.96. The quantitative estimate of drug-likeness (QED) is 0.592. The van der Waals surface area contributed by atoms with Gasteiger partial charge in [-0.2, -0.15) is 4.98 Å². The molecule has 0 bridgehead atoms. The Balaban J connectivity index is 1.33. The number of hydrogen-bond acceptors (Lipinski definition) is 7. The van der Waals surface area contributed by atoms with Gasteiger partial charge in [-0.05, 0) is 29.8 Å². The van der Waals surface area contributed by atoms with Gasteiger partial charge in [0, 0.05) is 25.7 Å². The molecule has 3 heterocycles. The van der Waals surface area contributed by atoms with E-state index in [0.717, 1.165) is 5.56 Å². The average Bonchev–Trinajstić information content (AvgIpc) is 3.38. The summed E-state index contributed by atoms with van der Waals surface area (Å²) in [7, 11) is 0. The fourth-order valence-corrected chi connectivity index (χ4v) is 3.14. The smallest absolute Gasteiger partial charge is 0.228 e. The molecule has 0 radical (unpaired) electrons. The van der Waals surface area contributed by atoms with Crippen LogP contribution in [0.15, 0.2) is 53.2 Å². The molecule has 0 aliphatic carbocycles. The summed E-state index contributed by atoms with van der Waals surface area (Å²) in [6, 6.07) is 11.4. The maximum absolute atomic E-state index is 13.5. The Morgan fingerprint density at radius 2 is 2.21 bits per heavy atom. The fraction of sp³-hybridized carbons (Fsp3) is 0.263. The van der Waals surface area contributed by atoms with Gasteiger partial charge in [-0.3, -0.25) is 15.2 Å². The van der Waals surface area contributed by atoms with Crippen molar-refractivity contribution in [3.05, 3.63) is 65.9 Å². The minimum atomic E-state index is -0.353. The Kier molecular flexibility index (Phi) is 5.36. The SMILES string of the molecule is O=C(NCCc1nc(-c2ccccn2)no1)C1CNNC1c1cccc(F)c1. The Morgan fingerprint density at radius 3 is 3.04 bits per heavy atom. The first-order chi connectivity index (χ1) is 13.7.